The molecule has 10 heteroatoms. The molecule has 2 N–H and O–H groups in total. The number of anilines is 1. The van der Waals surface area contributed by atoms with Gasteiger partial charge < -0.3 is 20.1 Å². The van der Waals surface area contributed by atoms with Gasteiger partial charge in [-0.1, -0.05) is 0 Å². The van der Waals surface area contributed by atoms with Crippen molar-refractivity contribution in [2.45, 2.75) is 26.3 Å². The Labute approximate surface area is 160 Å². The number of hydrogen-bond acceptors (Lipinski definition) is 6. The second-order valence-corrected chi connectivity index (χ2v) is 5.76. The molecule has 150 valence electrons. The molecule has 2 heterocycles. The minimum absolute atomic E-state index is 0.00601. The Bertz CT molecular complexity index is 848. The third-order valence-corrected chi connectivity index (χ3v) is 3.56. The average molecular weight is 394 g/mol. The minimum Gasteiger partial charge on any atom is -0.481 e. The van der Waals surface area contributed by atoms with E-state index >= 15 is 0 Å². The van der Waals surface area contributed by atoms with Gasteiger partial charge in [0.25, 0.3) is 12.3 Å². The van der Waals surface area contributed by atoms with Crippen LogP contribution in [0.2, 0.25) is 0 Å². The van der Waals surface area contributed by atoms with E-state index < -0.39 is 25.0 Å². The van der Waals surface area contributed by atoms with E-state index in [1.54, 1.807) is 13.0 Å². The van der Waals surface area contributed by atoms with Crippen LogP contribution in [0.3, 0.4) is 0 Å². The smallest absolute Gasteiger partial charge is 0.272 e. The number of aromatic nitrogens is 2. The Morgan fingerprint density at radius 2 is 2.00 bits per heavy atom. The second-order valence-electron chi connectivity index (χ2n) is 5.76. The summed E-state index contributed by atoms with van der Waals surface area (Å²) in [6.07, 6.45) is -1.21. The lowest BCUT2D eigenvalue weighted by Gasteiger charge is -2.17. The van der Waals surface area contributed by atoms with Crippen molar-refractivity contribution in [2.75, 3.05) is 19.0 Å². The normalized spacial score (nSPS) is 11.6. The SMILES string of the molecule is COc1nc(OCC(F)F)ccc1C(C)NC(=O)c1ccnc(NC(C)=O)c1. The number of nitrogens with one attached hydrogen (secondary N) is 2. The van der Waals surface area contributed by atoms with E-state index in [4.69, 9.17) is 9.47 Å². The van der Waals surface area contributed by atoms with E-state index in [-0.39, 0.29) is 23.5 Å². The number of amides is 2. The fourth-order valence-electron chi connectivity index (χ4n) is 2.33. The molecule has 0 aliphatic rings. The maximum absolute atomic E-state index is 12.5. The molecule has 28 heavy (non-hydrogen) atoms. The van der Waals surface area contributed by atoms with E-state index in [1.165, 1.54) is 38.4 Å². The Morgan fingerprint density at radius 3 is 2.64 bits per heavy atom. The second kappa shape index (κ2) is 9.58. The third-order valence-electron chi connectivity index (χ3n) is 3.56. The molecule has 0 saturated heterocycles. The van der Waals surface area contributed by atoms with Crippen LogP contribution in [-0.4, -0.2) is 41.9 Å². The molecule has 2 amide bonds. The first-order valence-corrected chi connectivity index (χ1v) is 8.30. The monoisotopic (exact) mass is 394 g/mol. The van der Waals surface area contributed by atoms with Crippen LogP contribution in [-0.2, 0) is 4.79 Å². The standard InChI is InChI=1S/C18H20F2N4O4/c1-10(13-4-5-16(24-18(13)27-3)28-9-14(19)20)22-17(26)12-6-7-21-15(8-12)23-11(2)25/h4-8,10,14H,9H2,1-3H3,(H,22,26)(H,21,23,25). The number of nitrogens with zero attached hydrogens (tertiary/aromatic N) is 2. The Morgan fingerprint density at radius 1 is 1.25 bits per heavy atom. The number of carbonyl (C=O) groups is 2. The Balaban J connectivity index is 2.12. The first-order valence-electron chi connectivity index (χ1n) is 8.30. The summed E-state index contributed by atoms with van der Waals surface area (Å²) in [6, 6.07) is 5.44. The van der Waals surface area contributed by atoms with Crippen molar-refractivity contribution in [3.63, 3.8) is 0 Å². The lowest BCUT2D eigenvalue weighted by Crippen LogP contribution is -2.27. The van der Waals surface area contributed by atoms with Crippen molar-refractivity contribution >= 4 is 17.6 Å². The molecule has 0 bridgehead atoms. The van der Waals surface area contributed by atoms with Gasteiger partial charge in [-0.2, -0.15) is 4.98 Å². The number of carbonyl (C=O) groups excluding carboxylic acids is 2. The number of rotatable bonds is 8. The van der Waals surface area contributed by atoms with Gasteiger partial charge >= 0.3 is 0 Å². The molecule has 2 aromatic heterocycles. The van der Waals surface area contributed by atoms with Gasteiger partial charge in [0.15, 0.2) is 6.61 Å². The predicted molar refractivity (Wildman–Crippen MR) is 96.7 cm³/mol. The van der Waals surface area contributed by atoms with Crippen molar-refractivity contribution in [1.82, 2.24) is 15.3 Å². The van der Waals surface area contributed by atoms with Crippen LogP contribution in [0.15, 0.2) is 30.5 Å². The number of hydrogen-bond donors (Lipinski definition) is 2. The first kappa shape index (κ1) is 21.0. The van der Waals surface area contributed by atoms with Gasteiger partial charge in [0, 0.05) is 30.3 Å². The number of pyridine rings is 2. The summed E-state index contributed by atoms with van der Waals surface area (Å²) in [5.41, 5.74) is 0.839. The minimum atomic E-state index is -2.62. The van der Waals surface area contributed by atoms with Gasteiger partial charge in [0.05, 0.1) is 13.2 Å². The highest BCUT2D eigenvalue weighted by Crippen LogP contribution is 2.26. The molecule has 8 nitrogen and oxygen atoms in total. The largest absolute Gasteiger partial charge is 0.481 e. The van der Waals surface area contributed by atoms with Crippen molar-refractivity contribution in [3.05, 3.63) is 41.6 Å². The number of methoxy groups -OCH3 is 1. The molecule has 1 atom stereocenters. The molecular formula is C18H20F2N4O4. The van der Waals surface area contributed by atoms with Gasteiger partial charge in [-0.15, -0.1) is 0 Å². The summed E-state index contributed by atoms with van der Waals surface area (Å²) < 4.78 is 34.6. The summed E-state index contributed by atoms with van der Waals surface area (Å²) in [5.74, 6) is -0.306. The quantitative estimate of drug-likeness (QED) is 0.714. The van der Waals surface area contributed by atoms with Crippen molar-refractivity contribution in [2.24, 2.45) is 0 Å². The Hall–Kier alpha value is -3.30. The zero-order valence-corrected chi connectivity index (χ0v) is 15.5. The summed E-state index contributed by atoms with van der Waals surface area (Å²) in [4.78, 5) is 31.6. The molecule has 2 aromatic rings. The van der Waals surface area contributed by atoms with Crippen LogP contribution in [0.4, 0.5) is 14.6 Å². The molecule has 0 aromatic carbocycles. The van der Waals surface area contributed by atoms with E-state index in [9.17, 15) is 18.4 Å². The summed E-state index contributed by atoms with van der Waals surface area (Å²) in [5, 5.41) is 5.28. The highest BCUT2D eigenvalue weighted by Gasteiger charge is 2.18. The molecule has 0 spiro atoms. The molecule has 0 saturated carbocycles. The van der Waals surface area contributed by atoms with Crippen LogP contribution in [0.25, 0.3) is 0 Å². The van der Waals surface area contributed by atoms with Gasteiger partial charge in [-0.25, -0.2) is 13.8 Å². The number of ether oxygens (including phenoxy) is 2. The van der Waals surface area contributed by atoms with Gasteiger partial charge in [0.1, 0.15) is 5.82 Å². The Kier molecular flexibility index (Phi) is 7.19. The van der Waals surface area contributed by atoms with Crippen LogP contribution in [0, 0.1) is 0 Å². The first-order chi connectivity index (χ1) is 13.3. The topological polar surface area (TPSA) is 102 Å². The molecule has 2 rings (SSSR count). The highest BCUT2D eigenvalue weighted by atomic mass is 19.3. The molecule has 0 fully saturated rings. The molecule has 0 aliphatic heterocycles. The summed E-state index contributed by atoms with van der Waals surface area (Å²) in [6.45, 7) is 2.28. The van der Waals surface area contributed by atoms with Crippen molar-refractivity contribution < 1.29 is 27.8 Å². The van der Waals surface area contributed by atoms with E-state index in [2.05, 4.69) is 20.6 Å². The third kappa shape index (κ3) is 5.86. The van der Waals surface area contributed by atoms with Crippen molar-refractivity contribution in [3.8, 4) is 11.8 Å². The van der Waals surface area contributed by atoms with Gasteiger partial charge in [-0.3, -0.25) is 9.59 Å². The predicted octanol–water partition coefficient (Wildman–Crippen LogP) is 2.58. The van der Waals surface area contributed by atoms with Crippen LogP contribution in [0.1, 0.15) is 35.8 Å². The van der Waals surface area contributed by atoms with Crippen molar-refractivity contribution in [1.29, 1.82) is 0 Å². The fraction of sp³-hybridized carbons (Fsp3) is 0.333. The maximum atomic E-state index is 12.5. The van der Waals surface area contributed by atoms with E-state index in [1.807, 2.05) is 0 Å². The molecule has 0 radical (unpaired) electrons. The zero-order valence-electron chi connectivity index (χ0n) is 15.5. The lowest BCUT2D eigenvalue weighted by molar-refractivity contribution is -0.114. The molecule has 1 unspecified atom stereocenters. The zero-order chi connectivity index (χ0) is 20.7. The van der Waals surface area contributed by atoms with Gasteiger partial charge in [0.2, 0.25) is 17.7 Å². The van der Waals surface area contributed by atoms with Crippen LogP contribution < -0.4 is 20.1 Å². The number of alkyl halides is 2. The van der Waals surface area contributed by atoms with E-state index in [0.29, 0.717) is 11.1 Å². The van der Waals surface area contributed by atoms with Crippen LogP contribution >= 0.6 is 0 Å². The van der Waals surface area contributed by atoms with E-state index in [0.717, 1.165) is 0 Å². The average Bonchev–Trinajstić information content (AvgIpc) is 2.65. The highest BCUT2D eigenvalue weighted by molar-refractivity contribution is 5.96. The number of halogens is 2. The summed E-state index contributed by atoms with van der Waals surface area (Å²) >= 11 is 0. The lowest BCUT2D eigenvalue weighted by atomic mass is 10.1. The summed E-state index contributed by atoms with van der Waals surface area (Å²) in [7, 11) is 1.37. The maximum Gasteiger partial charge on any atom is 0.272 e. The molecular weight excluding hydrogens is 374 g/mol. The fourth-order valence-corrected chi connectivity index (χ4v) is 2.33. The van der Waals surface area contributed by atoms with Gasteiger partial charge in [-0.05, 0) is 25.1 Å². The van der Waals surface area contributed by atoms with Crippen LogP contribution in [0.5, 0.6) is 11.8 Å². The molecule has 0 aliphatic carbocycles.